The molecule has 8 heteroatoms. The van der Waals surface area contributed by atoms with E-state index in [9.17, 15) is 13.2 Å². The number of morpholine rings is 1. The number of hydrogen-bond acceptors (Lipinski definition) is 5. The third-order valence-corrected chi connectivity index (χ3v) is 7.84. The van der Waals surface area contributed by atoms with Crippen LogP contribution in [0.1, 0.15) is 15.9 Å². The van der Waals surface area contributed by atoms with Gasteiger partial charge in [0.15, 0.2) is 0 Å². The maximum atomic E-state index is 13.3. The van der Waals surface area contributed by atoms with Crippen LogP contribution >= 0.6 is 0 Å². The highest BCUT2D eigenvalue weighted by Crippen LogP contribution is 2.32. The number of nitrogens with one attached hydrogen (secondary N) is 1. The van der Waals surface area contributed by atoms with Gasteiger partial charge in [-0.15, -0.1) is 0 Å². The summed E-state index contributed by atoms with van der Waals surface area (Å²) in [5, 5.41) is 2.86. The number of benzene rings is 3. The molecule has 3 aromatic carbocycles. The number of nitrogens with zero attached hydrogens (tertiary/aromatic N) is 2. The summed E-state index contributed by atoms with van der Waals surface area (Å²) in [5.74, 6) is -0.354. The maximum absolute atomic E-state index is 13.3. The molecule has 1 saturated heterocycles. The molecule has 0 atom stereocenters. The van der Waals surface area contributed by atoms with Crippen molar-refractivity contribution in [3.8, 4) is 0 Å². The Morgan fingerprint density at radius 2 is 1.64 bits per heavy atom. The Labute approximate surface area is 193 Å². The SMILES string of the molecule is O=C(Nc1ccc(N2CCOCC2)cc1)c1cccc(S(=O)(=O)N2CCc3ccccc32)c1. The van der Waals surface area contributed by atoms with Gasteiger partial charge in [-0.2, -0.15) is 0 Å². The quantitative estimate of drug-likeness (QED) is 0.626. The lowest BCUT2D eigenvalue weighted by Gasteiger charge is -2.28. The van der Waals surface area contributed by atoms with Gasteiger partial charge in [0.05, 0.1) is 23.8 Å². The van der Waals surface area contributed by atoms with Crippen LogP contribution in [-0.2, 0) is 21.2 Å². The van der Waals surface area contributed by atoms with Crippen molar-refractivity contribution in [3.63, 3.8) is 0 Å². The van der Waals surface area contributed by atoms with Crippen LogP contribution in [0.5, 0.6) is 0 Å². The zero-order valence-corrected chi connectivity index (χ0v) is 18.9. The Morgan fingerprint density at radius 1 is 0.879 bits per heavy atom. The minimum absolute atomic E-state index is 0.106. The van der Waals surface area contributed by atoms with Crippen LogP contribution in [0, 0.1) is 0 Å². The van der Waals surface area contributed by atoms with Crippen LogP contribution in [0.25, 0.3) is 0 Å². The monoisotopic (exact) mass is 463 g/mol. The number of sulfonamides is 1. The van der Waals surface area contributed by atoms with Gasteiger partial charge in [0.25, 0.3) is 15.9 Å². The second-order valence-corrected chi connectivity index (χ2v) is 9.95. The number of hydrogen-bond donors (Lipinski definition) is 1. The number of carbonyl (C=O) groups is 1. The third-order valence-electron chi connectivity index (χ3n) is 6.03. The van der Waals surface area contributed by atoms with Crippen LogP contribution in [-0.4, -0.2) is 47.2 Å². The molecule has 33 heavy (non-hydrogen) atoms. The smallest absolute Gasteiger partial charge is 0.264 e. The zero-order chi connectivity index (χ0) is 22.8. The first-order valence-electron chi connectivity index (χ1n) is 11.0. The molecule has 0 saturated carbocycles. The summed E-state index contributed by atoms with van der Waals surface area (Å²) in [6, 6.07) is 21.3. The number of carbonyl (C=O) groups excluding carboxylic acids is 1. The number of fused-ring (bicyclic) bond motifs is 1. The van der Waals surface area contributed by atoms with Crippen LogP contribution in [0.2, 0.25) is 0 Å². The van der Waals surface area contributed by atoms with E-state index in [0.29, 0.717) is 43.1 Å². The highest BCUT2D eigenvalue weighted by atomic mass is 32.2. The van der Waals surface area contributed by atoms with Crippen LogP contribution < -0.4 is 14.5 Å². The molecule has 0 aromatic heterocycles. The lowest BCUT2D eigenvalue weighted by molar-refractivity contribution is 0.102. The zero-order valence-electron chi connectivity index (χ0n) is 18.1. The maximum Gasteiger partial charge on any atom is 0.264 e. The van der Waals surface area contributed by atoms with E-state index in [2.05, 4.69) is 10.2 Å². The lowest BCUT2D eigenvalue weighted by Crippen LogP contribution is -2.36. The van der Waals surface area contributed by atoms with Crippen LogP contribution in [0.4, 0.5) is 17.1 Å². The van der Waals surface area contributed by atoms with Crippen molar-refractivity contribution in [1.82, 2.24) is 0 Å². The predicted octanol–water partition coefficient (Wildman–Crippen LogP) is 3.53. The van der Waals surface area contributed by atoms with Crippen molar-refractivity contribution in [2.24, 2.45) is 0 Å². The Hall–Kier alpha value is -3.36. The summed E-state index contributed by atoms with van der Waals surface area (Å²) in [4.78, 5) is 15.2. The van der Waals surface area contributed by atoms with Crippen molar-refractivity contribution in [2.75, 3.05) is 47.4 Å². The number of anilines is 3. The average molecular weight is 464 g/mol. The molecule has 3 aromatic rings. The molecule has 0 unspecified atom stereocenters. The minimum Gasteiger partial charge on any atom is -0.378 e. The fraction of sp³-hybridized carbons (Fsp3) is 0.240. The molecule has 2 aliphatic rings. The predicted molar refractivity (Wildman–Crippen MR) is 129 cm³/mol. The molecule has 0 spiro atoms. The van der Waals surface area contributed by atoms with Gasteiger partial charge in [0.2, 0.25) is 0 Å². The van der Waals surface area contributed by atoms with Gasteiger partial charge in [0.1, 0.15) is 0 Å². The molecule has 1 N–H and O–H groups in total. The second kappa shape index (κ2) is 8.88. The Kier molecular flexibility index (Phi) is 5.78. The third kappa shape index (κ3) is 4.31. The number of ether oxygens (including phenoxy) is 1. The molecule has 0 aliphatic carbocycles. The molecule has 170 valence electrons. The van der Waals surface area contributed by atoms with Gasteiger partial charge in [-0.25, -0.2) is 8.42 Å². The van der Waals surface area contributed by atoms with E-state index in [1.807, 2.05) is 48.5 Å². The van der Waals surface area contributed by atoms with Crippen molar-refractivity contribution < 1.29 is 17.9 Å². The molecular formula is C25H25N3O4S. The van der Waals surface area contributed by atoms with Crippen molar-refractivity contribution in [1.29, 1.82) is 0 Å². The highest BCUT2D eigenvalue weighted by Gasteiger charge is 2.31. The van der Waals surface area contributed by atoms with Gasteiger partial charge in [0, 0.05) is 36.6 Å². The molecule has 7 nitrogen and oxygen atoms in total. The van der Waals surface area contributed by atoms with Gasteiger partial charge < -0.3 is 15.0 Å². The van der Waals surface area contributed by atoms with Gasteiger partial charge in [-0.1, -0.05) is 24.3 Å². The summed E-state index contributed by atoms with van der Waals surface area (Å²) >= 11 is 0. The summed E-state index contributed by atoms with van der Waals surface area (Å²) in [6.45, 7) is 3.50. The first-order valence-corrected chi connectivity index (χ1v) is 12.4. The van der Waals surface area contributed by atoms with E-state index in [1.165, 1.54) is 16.4 Å². The summed E-state index contributed by atoms with van der Waals surface area (Å²) in [5.41, 5.74) is 3.73. The fourth-order valence-electron chi connectivity index (χ4n) is 4.26. The van der Waals surface area contributed by atoms with Gasteiger partial charge in [-0.05, 0) is 60.5 Å². The van der Waals surface area contributed by atoms with Crippen LogP contribution in [0.3, 0.4) is 0 Å². The first-order chi connectivity index (χ1) is 16.0. The van der Waals surface area contributed by atoms with Crippen LogP contribution in [0.15, 0.2) is 77.7 Å². The van der Waals surface area contributed by atoms with Crippen molar-refractivity contribution in [2.45, 2.75) is 11.3 Å². The average Bonchev–Trinajstić information content (AvgIpc) is 3.30. The Morgan fingerprint density at radius 3 is 2.42 bits per heavy atom. The molecular weight excluding hydrogens is 438 g/mol. The molecule has 5 rings (SSSR count). The lowest BCUT2D eigenvalue weighted by atomic mass is 10.2. The van der Waals surface area contributed by atoms with Crippen molar-refractivity contribution >= 4 is 33.0 Å². The van der Waals surface area contributed by atoms with E-state index in [-0.39, 0.29) is 10.8 Å². The number of rotatable bonds is 5. The van der Waals surface area contributed by atoms with Gasteiger partial charge in [-0.3, -0.25) is 9.10 Å². The van der Waals surface area contributed by atoms with E-state index < -0.39 is 10.0 Å². The largest absolute Gasteiger partial charge is 0.378 e. The van der Waals surface area contributed by atoms with E-state index in [0.717, 1.165) is 24.3 Å². The number of amides is 1. The topological polar surface area (TPSA) is 79.0 Å². The fourth-order valence-corrected chi connectivity index (χ4v) is 5.81. The standard InChI is InChI=1S/C25H25N3O4S/c29-25(26-21-8-10-22(11-9-21)27-14-16-32-17-15-27)20-5-3-6-23(18-20)33(30,31)28-13-12-19-4-1-2-7-24(19)28/h1-11,18H,12-17H2,(H,26,29). The molecule has 2 aliphatic heterocycles. The van der Waals surface area contributed by atoms with E-state index >= 15 is 0 Å². The summed E-state index contributed by atoms with van der Waals surface area (Å²) in [6.07, 6.45) is 0.677. The highest BCUT2D eigenvalue weighted by molar-refractivity contribution is 7.92. The van der Waals surface area contributed by atoms with Gasteiger partial charge >= 0.3 is 0 Å². The molecule has 1 fully saturated rings. The summed E-state index contributed by atoms with van der Waals surface area (Å²) < 4.78 is 33.4. The van der Waals surface area contributed by atoms with E-state index in [4.69, 9.17) is 4.74 Å². The summed E-state index contributed by atoms with van der Waals surface area (Å²) in [7, 11) is -3.76. The minimum atomic E-state index is -3.76. The molecule has 2 heterocycles. The number of para-hydroxylation sites is 1. The Balaban J connectivity index is 1.32. The normalized spacial score (nSPS) is 15.9. The molecule has 0 bridgehead atoms. The second-order valence-electron chi connectivity index (χ2n) is 8.08. The molecule has 1 amide bonds. The Bertz CT molecular complexity index is 1270. The van der Waals surface area contributed by atoms with E-state index in [1.54, 1.807) is 12.1 Å². The first kappa shape index (κ1) is 21.5. The molecule has 0 radical (unpaired) electrons. The van der Waals surface area contributed by atoms with Crippen molar-refractivity contribution in [3.05, 3.63) is 83.9 Å².